The summed E-state index contributed by atoms with van der Waals surface area (Å²) >= 11 is 1.60. The molecule has 5 aromatic rings. The molecule has 0 aliphatic heterocycles. The Morgan fingerprint density at radius 1 is 1.09 bits per heavy atom. The van der Waals surface area contributed by atoms with E-state index in [0.717, 1.165) is 39.0 Å². The highest BCUT2D eigenvalue weighted by molar-refractivity contribution is 7.08. The molecule has 5 rings (SSSR count). The number of ketones is 1. The molecule has 0 aliphatic rings. The zero-order chi connectivity index (χ0) is 24.4. The fourth-order valence-corrected chi connectivity index (χ4v) is 5.40. The van der Waals surface area contributed by atoms with Gasteiger partial charge in [0, 0.05) is 47.6 Å². The summed E-state index contributed by atoms with van der Waals surface area (Å²) in [7, 11) is 0. The second kappa shape index (κ2) is 9.92. The highest BCUT2D eigenvalue weighted by Gasteiger charge is 2.23. The third-order valence-electron chi connectivity index (χ3n) is 6.23. The Labute approximate surface area is 206 Å². The largest absolute Gasteiger partial charge is 0.361 e. The molecule has 0 spiro atoms. The first-order valence-electron chi connectivity index (χ1n) is 11.5. The van der Waals surface area contributed by atoms with Crippen LogP contribution in [0.2, 0.25) is 0 Å². The van der Waals surface area contributed by atoms with Crippen molar-refractivity contribution < 1.29 is 13.6 Å². The van der Waals surface area contributed by atoms with Crippen molar-refractivity contribution in [3.05, 3.63) is 112 Å². The average Bonchev–Trinajstić information content (AvgIpc) is 3.49. The summed E-state index contributed by atoms with van der Waals surface area (Å²) in [5.41, 5.74) is 6.09. The van der Waals surface area contributed by atoms with Gasteiger partial charge in [-0.25, -0.2) is 8.78 Å². The van der Waals surface area contributed by atoms with Gasteiger partial charge in [0.2, 0.25) is 0 Å². The van der Waals surface area contributed by atoms with Gasteiger partial charge in [-0.2, -0.15) is 11.3 Å². The van der Waals surface area contributed by atoms with Crippen LogP contribution in [-0.2, 0) is 17.6 Å². The molecular formula is C29H24F2N2OS. The van der Waals surface area contributed by atoms with E-state index in [1.807, 2.05) is 36.6 Å². The molecule has 1 atom stereocenters. The summed E-state index contributed by atoms with van der Waals surface area (Å²) < 4.78 is 28.0. The van der Waals surface area contributed by atoms with E-state index in [1.54, 1.807) is 29.8 Å². The van der Waals surface area contributed by atoms with Crippen molar-refractivity contribution in [1.29, 1.82) is 0 Å². The first kappa shape index (κ1) is 23.1. The molecule has 3 nitrogen and oxygen atoms in total. The SMILES string of the molecule is Cc1cc(F)cc(C[C@H](CC(=O)Cc2c[nH]c3ccc(F)cc23)c2ncccc2-c2ccsc2)c1. The summed E-state index contributed by atoms with van der Waals surface area (Å²) in [5.74, 6) is -0.832. The number of nitrogens with zero attached hydrogens (tertiary/aromatic N) is 1. The molecule has 0 radical (unpaired) electrons. The van der Waals surface area contributed by atoms with Gasteiger partial charge in [0.25, 0.3) is 0 Å². The Bertz CT molecular complexity index is 1470. The van der Waals surface area contributed by atoms with E-state index in [9.17, 15) is 13.6 Å². The second-order valence-electron chi connectivity index (χ2n) is 8.91. The number of hydrogen-bond donors (Lipinski definition) is 1. The molecule has 0 amide bonds. The number of nitrogens with one attached hydrogen (secondary N) is 1. The number of Topliss-reactive ketones (excluding diaryl/α,β-unsaturated/α-hetero) is 1. The quantitative estimate of drug-likeness (QED) is 0.248. The zero-order valence-corrected chi connectivity index (χ0v) is 20.0. The van der Waals surface area contributed by atoms with Crippen LogP contribution in [0.1, 0.15) is 34.7 Å². The Balaban J connectivity index is 1.48. The summed E-state index contributed by atoms with van der Waals surface area (Å²) in [6.45, 7) is 1.86. The number of carbonyl (C=O) groups is 1. The molecule has 3 heterocycles. The fourth-order valence-electron chi connectivity index (χ4n) is 4.74. The first-order chi connectivity index (χ1) is 17.0. The van der Waals surface area contributed by atoms with E-state index in [1.165, 1.54) is 24.3 Å². The highest BCUT2D eigenvalue weighted by Crippen LogP contribution is 2.34. The third-order valence-corrected chi connectivity index (χ3v) is 6.92. The molecule has 0 saturated heterocycles. The monoisotopic (exact) mass is 486 g/mol. The fraction of sp³-hybridized carbons (Fsp3) is 0.172. The van der Waals surface area contributed by atoms with Gasteiger partial charge in [-0.3, -0.25) is 9.78 Å². The Hall–Kier alpha value is -3.64. The number of pyridine rings is 1. The minimum atomic E-state index is -0.334. The first-order valence-corrected chi connectivity index (χ1v) is 12.4. The number of rotatable bonds is 8. The smallest absolute Gasteiger partial charge is 0.138 e. The summed E-state index contributed by atoms with van der Waals surface area (Å²) in [5, 5.41) is 4.79. The Morgan fingerprint density at radius 3 is 2.77 bits per heavy atom. The predicted molar refractivity (Wildman–Crippen MR) is 137 cm³/mol. The van der Waals surface area contributed by atoms with Crippen LogP contribution in [0, 0.1) is 18.6 Å². The minimum absolute atomic E-state index is 0.0233. The number of thiophene rings is 1. The number of aromatic nitrogens is 2. The van der Waals surface area contributed by atoms with Crippen LogP contribution in [0.3, 0.4) is 0 Å². The van der Waals surface area contributed by atoms with Crippen LogP contribution >= 0.6 is 11.3 Å². The summed E-state index contributed by atoms with van der Waals surface area (Å²) in [6, 6.07) is 15.5. The maximum absolute atomic E-state index is 14.2. The zero-order valence-electron chi connectivity index (χ0n) is 19.2. The maximum Gasteiger partial charge on any atom is 0.138 e. The molecule has 0 saturated carbocycles. The molecule has 176 valence electrons. The van der Waals surface area contributed by atoms with E-state index in [2.05, 4.69) is 10.4 Å². The lowest BCUT2D eigenvalue weighted by Crippen LogP contribution is -2.14. The number of benzene rings is 2. The van der Waals surface area contributed by atoms with E-state index in [4.69, 9.17) is 4.98 Å². The molecule has 0 aliphatic carbocycles. The number of fused-ring (bicyclic) bond motifs is 1. The molecule has 3 aromatic heterocycles. The van der Waals surface area contributed by atoms with Crippen molar-refractivity contribution in [2.45, 2.75) is 32.1 Å². The molecule has 0 fully saturated rings. The molecule has 0 bridgehead atoms. The predicted octanol–water partition coefficient (Wildman–Crippen LogP) is 7.41. The van der Waals surface area contributed by atoms with Crippen molar-refractivity contribution in [2.75, 3.05) is 0 Å². The van der Waals surface area contributed by atoms with Gasteiger partial charge in [-0.15, -0.1) is 0 Å². The molecule has 6 heteroatoms. The third kappa shape index (κ3) is 5.23. The number of H-pyrrole nitrogens is 1. The Morgan fingerprint density at radius 2 is 1.97 bits per heavy atom. The molecular weight excluding hydrogens is 462 g/mol. The van der Waals surface area contributed by atoms with Gasteiger partial charge in [0.05, 0.1) is 5.69 Å². The van der Waals surface area contributed by atoms with Gasteiger partial charge in [-0.05, 0) is 88.8 Å². The Kier molecular flexibility index (Phi) is 6.55. The number of halogens is 2. The lowest BCUT2D eigenvalue weighted by Gasteiger charge is -2.19. The van der Waals surface area contributed by atoms with E-state index < -0.39 is 0 Å². The van der Waals surface area contributed by atoms with Crippen molar-refractivity contribution >= 4 is 28.0 Å². The normalized spacial score (nSPS) is 12.2. The van der Waals surface area contributed by atoms with Crippen molar-refractivity contribution in [3.63, 3.8) is 0 Å². The number of aromatic amines is 1. The van der Waals surface area contributed by atoms with Gasteiger partial charge in [-0.1, -0.05) is 12.1 Å². The number of hydrogen-bond acceptors (Lipinski definition) is 3. The minimum Gasteiger partial charge on any atom is -0.361 e. The van der Waals surface area contributed by atoms with Crippen molar-refractivity contribution in [3.8, 4) is 11.1 Å². The summed E-state index contributed by atoms with van der Waals surface area (Å²) in [4.78, 5) is 21.1. The van der Waals surface area contributed by atoms with E-state index in [0.29, 0.717) is 11.8 Å². The molecule has 1 N–H and O–H groups in total. The standard InChI is InChI=1S/C29H24F2N2OS/c1-18-9-19(12-24(31)10-18)11-21(29-26(3-2-7-32-29)20-6-8-35-17-20)13-25(34)14-22-16-33-28-5-4-23(30)15-27(22)28/h2-10,12,15-17,21,33H,11,13-14H2,1H3/t21-/m1/s1. The van der Waals surface area contributed by atoms with Gasteiger partial charge in [0.1, 0.15) is 17.4 Å². The topological polar surface area (TPSA) is 45.8 Å². The van der Waals surface area contributed by atoms with Crippen LogP contribution in [0.4, 0.5) is 8.78 Å². The second-order valence-corrected chi connectivity index (χ2v) is 9.69. The highest BCUT2D eigenvalue weighted by atomic mass is 32.1. The molecule has 35 heavy (non-hydrogen) atoms. The lowest BCUT2D eigenvalue weighted by atomic mass is 9.86. The van der Waals surface area contributed by atoms with Crippen LogP contribution in [0.25, 0.3) is 22.0 Å². The average molecular weight is 487 g/mol. The van der Waals surface area contributed by atoms with Crippen LogP contribution < -0.4 is 0 Å². The molecule has 0 unspecified atom stereocenters. The van der Waals surface area contributed by atoms with Gasteiger partial charge in [0.15, 0.2) is 0 Å². The summed E-state index contributed by atoms with van der Waals surface area (Å²) in [6.07, 6.45) is 4.42. The van der Waals surface area contributed by atoms with Gasteiger partial charge < -0.3 is 4.98 Å². The van der Waals surface area contributed by atoms with Gasteiger partial charge >= 0.3 is 0 Å². The van der Waals surface area contributed by atoms with Crippen molar-refractivity contribution in [2.24, 2.45) is 0 Å². The van der Waals surface area contributed by atoms with E-state index >= 15 is 0 Å². The van der Waals surface area contributed by atoms with E-state index in [-0.39, 0.29) is 36.2 Å². The maximum atomic E-state index is 14.2. The van der Waals surface area contributed by atoms with Crippen LogP contribution in [0.15, 0.2) is 77.8 Å². The number of carbonyl (C=O) groups excluding carboxylic acids is 1. The van der Waals surface area contributed by atoms with Crippen LogP contribution in [-0.4, -0.2) is 15.8 Å². The lowest BCUT2D eigenvalue weighted by molar-refractivity contribution is -0.118. The van der Waals surface area contributed by atoms with Crippen LogP contribution in [0.5, 0.6) is 0 Å². The number of aryl methyl sites for hydroxylation is 1. The molecule has 2 aromatic carbocycles. The van der Waals surface area contributed by atoms with Crippen molar-refractivity contribution in [1.82, 2.24) is 9.97 Å².